The van der Waals surface area contributed by atoms with E-state index in [2.05, 4.69) is 0 Å². The summed E-state index contributed by atoms with van der Waals surface area (Å²) in [6.07, 6.45) is 0. The number of rotatable bonds is 5. The molecule has 0 fully saturated rings. The van der Waals surface area contributed by atoms with E-state index in [0.717, 1.165) is 0 Å². The van der Waals surface area contributed by atoms with E-state index in [0.29, 0.717) is 11.3 Å². The zero-order valence-corrected chi connectivity index (χ0v) is 12.0. The average molecular weight is 309 g/mol. The van der Waals surface area contributed by atoms with Gasteiger partial charge in [0, 0.05) is 11.6 Å². The highest BCUT2D eigenvalue weighted by Gasteiger charge is 2.08. The van der Waals surface area contributed by atoms with Crippen LogP contribution >= 0.6 is 12.2 Å². The Morgan fingerprint density at radius 1 is 1.14 bits per heavy atom. The zero-order valence-electron chi connectivity index (χ0n) is 11.2. The van der Waals surface area contributed by atoms with Crippen molar-refractivity contribution in [2.24, 2.45) is 5.73 Å². The Morgan fingerprint density at radius 2 is 1.90 bits per heavy atom. The lowest BCUT2D eigenvalue weighted by atomic mass is 10.2. The summed E-state index contributed by atoms with van der Waals surface area (Å²) in [5, 5.41) is 0. The van der Waals surface area contributed by atoms with Crippen LogP contribution in [0.3, 0.4) is 0 Å². The Hall–Kier alpha value is -2.21. The molecule has 0 amide bonds. The predicted molar refractivity (Wildman–Crippen MR) is 79.6 cm³/mol. The van der Waals surface area contributed by atoms with Crippen molar-refractivity contribution >= 4 is 17.2 Å². The van der Waals surface area contributed by atoms with Crippen LogP contribution in [0.2, 0.25) is 0 Å². The van der Waals surface area contributed by atoms with Crippen LogP contribution in [0.1, 0.15) is 11.1 Å². The molecule has 0 spiro atoms. The number of ether oxygens (including phenoxy) is 2. The fourth-order valence-electron chi connectivity index (χ4n) is 1.75. The summed E-state index contributed by atoms with van der Waals surface area (Å²) in [7, 11) is 1.39. The lowest BCUT2D eigenvalue weighted by Crippen LogP contribution is -2.11. The van der Waals surface area contributed by atoms with E-state index in [1.807, 2.05) is 0 Å². The van der Waals surface area contributed by atoms with Crippen LogP contribution in [0.15, 0.2) is 36.4 Å². The van der Waals surface area contributed by atoms with E-state index >= 15 is 0 Å². The van der Waals surface area contributed by atoms with Crippen LogP contribution in [-0.4, -0.2) is 12.1 Å². The van der Waals surface area contributed by atoms with Crippen LogP contribution in [0.25, 0.3) is 0 Å². The highest BCUT2D eigenvalue weighted by molar-refractivity contribution is 7.80. The van der Waals surface area contributed by atoms with E-state index < -0.39 is 11.6 Å². The van der Waals surface area contributed by atoms with Gasteiger partial charge in [-0.05, 0) is 29.8 Å². The molecule has 0 saturated heterocycles. The molecular weight excluding hydrogens is 296 g/mol. The van der Waals surface area contributed by atoms with Gasteiger partial charge in [0.25, 0.3) is 0 Å². The first-order chi connectivity index (χ1) is 10.0. The molecule has 6 heteroatoms. The summed E-state index contributed by atoms with van der Waals surface area (Å²) in [4.78, 5) is -0.0173. The number of methoxy groups -OCH3 is 1. The van der Waals surface area contributed by atoms with Crippen LogP contribution in [0, 0.1) is 11.6 Å². The van der Waals surface area contributed by atoms with Gasteiger partial charge in [0.1, 0.15) is 23.2 Å². The third-order valence-corrected chi connectivity index (χ3v) is 3.05. The highest BCUT2D eigenvalue weighted by atomic mass is 32.1. The van der Waals surface area contributed by atoms with Crippen molar-refractivity contribution < 1.29 is 18.3 Å². The Morgan fingerprint density at radius 3 is 2.48 bits per heavy atom. The number of nitrogens with two attached hydrogens (primary N) is 1. The fourth-order valence-corrected chi connectivity index (χ4v) is 1.92. The summed E-state index contributed by atoms with van der Waals surface area (Å²) in [6.45, 7) is 0.104. The minimum Gasteiger partial charge on any atom is -0.494 e. The van der Waals surface area contributed by atoms with Crippen molar-refractivity contribution in [3.8, 4) is 11.5 Å². The number of benzene rings is 2. The van der Waals surface area contributed by atoms with Crippen molar-refractivity contribution in [1.82, 2.24) is 0 Å². The van der Waals surface area contributed by atoms with E-state index in [-0.39, 0.29) is 22.9 Å². The molecule has 0 atom stereocenters. The molecule has 2 aromatic carbocycles. The predicted octanol–water partition coefficient (Wildman–Crippen LogP) is 3.19. The molecule has 0 aliphatic heterocycles. The molecule has 0 heterocycles. The summed E-state index contributed by atoms with van der Waals surface area (Å²) < 4.78 is 37.4. The van der Waals surface area contributed by atoms with Crippen molar-refractivity contribution in [2.75, 3.05) is 7.11 Å². The normalized spacial score (nSPS) is 10.2. The van der Waals surface area contributed by atoms with Gasteiger partial charge in [0.2, 0.25) is 0 Å². The molecule has 0 bridgehead atoms. The molecular formula is C15H13F2NO2S. The van der Waals surface area contributed by atoms with Crippen molar-refractivity contribution in [3.05, 3.63) is 59.2 Å². The van der Waals surface area contributed by atoms with Gasteiger partial charge >= 0.3 is 0 Å². The lowest BCUT2D eigenvalue weighted by molar-refractivity contribution is 0.303. The maximum absolute atomic E-state index is 13.7. The second-order valence-electron chi connectivity index (χ2n) is 4.26. The molecule has 21 heavy (non-hydrogen) atoms. The van der Waals surface area contributed by atoms with Crippen LogP contribution in [0.4, 0.5) is 8.78 Å². The number of hydrogen-bond acceptors (Lipinski definition) is 3. The summed E-state index contributed by atoms with van der Waals surface area (Å²) in [6, 6.07) is 8.66. The highest BCUT2D eigenvalue weighted by Crippen LogP contribution is 2.21. The zero-order chi connectivity index (χ0) is 15.4. The van der Waals surface area contributed by atoms with Crippen LogP contribution < -0.4 is 15.2 Å². The first-order valence-corrected chi connectivity index (χ1v) is 6.46. The number of halogens is 2. The molecule has 0 radical (unpaired) electrons. The largest absolute Gasteiger partial charge is 0.494 e. The minimum atomic E-state index is -0.555. The van der Waals surface area contributed by atoms with Crippen molar-refractivity contribution in [3.63, 3.8) is 0 Å². The molecule has 2 rings (SSSR count). The quantitative estimate of drug-likeness (QED) is 0.862. The second-order valence-corrected chi connectivity index (χ2v) is 4.70. The second kappa shape index (κ2) is 6.49. The van der Waals surface area contributed by atoms with Gasteiger partial charge in [-0.3, -0.25) is 0 Å². The smallest absolute Gasteiger partial charge is 0.165 e. The monoisotopic (exact) mass is 309 g/mol. The molecule has 0 unspecified atom stereocenters. The molecule has 0 saturated carbocycles. The van der Waals surface area contributed by atoms with Gasteiger partial charge in [-0.2, -0.15) is 0 Å². The Balaban J connectivity index is 2.08. The maximum atomic E-state index is 13.7. The van der Waals surface area contributed by atoms with E-state index in [9.17, 15) is 8.78 Å². The molecule has 3 nitrogen and oxygen atoms in total. The molecule has 0 aromatic heterocycles. The van der Waals surface area contributed by atoms with Gasteiger partial charge in [-0.25, -0.2) is 8.78 Å². The SMILES string of the molecule is COc1ccc(COc2ccc(C(N)=S)c(F)c2)cc1F. The number of hydrogen-bond donors (Lipinski definition) is 1. The van der Waals surface area contributed by atoms with Crippen molar-refractivity contribution in [1.29, 1.82) is 0 Å². The van der Waals surface area contributed by atoms with Gasteiger partial charge in [0.05, 0.1) is 7.11 Å². The Labute approximate surface area is 126 Å². The molecule has 2 aromatic rings. The first-order valence-electron chi connectivity index (χ1n) is 6.06. The van der Waals surface area contributed by atoms with E-state index in [4.69, 9.17) is 27.4 Å². The third-order valence-electron chi connectivity index (χ3n) is 2.83. The molecule has 110 valence electrons. The van der Waals surface area contributed by atoms with Gasteiger partial charge in [0.15, 0.2) is 11.6 Å². The molecule has 2 N–H and O–H groups in total. The van der Waals surface area contributed by atoms with E-state index in [1.165, 1.54) is 31.4 Å². The van der Waals surface area contributed by atoms with Crippen LogP contribution in [-0.2, 0) is 6.61 Å². The van der Waals surface area contributed by atoms with Gasteiger partial charge < -0.3 is 15.2 Å². The summed E-state index contributed by atoms with van der Waals surface area (Å²) >= 11 is 4.72. The third kappa shape index (κ3) is 3.66. The van der Waals surface area contributed by atoms with Gasteiger partial charge in [-0.15, -0.1) is 0 Å². The Kier molecular flexibility index (Phi) is 4.70. The average Bonchev–Trinajstić information content (AvgIpc) is 2.45. The molecule has 0 aliphatic carbocycles. The topological polar surface area (TPSA) is 44.5 Å². The van der Waals surface area contributed by atoms with E-state index in [1.54, 1.807) is 12.1 Å². The summed E-state index contributed by atoms with van der Waals surface area (Å²) in [5.74, 6) is -0.566. The Bertz CT molecular complexity index is 677. The first kappa shape index (κ1) is 15.2. The van der Waals surface area contributed by atoms with Crippen molar-refractivity contribution in [2.45, 2.75) is 6.61 Å². The van der Waals surface area contributed by atoms with Crippen LogP contribution in [0.5, 0.6) is 11.5 Å². The number of thiocarbonyl (C=S) groups is 1. The lowest BCUT2D eigenvalue weighted by Gasteiger charge is -2.09. The fraction of sp³-hybridized carbons (Fsp3) is 0.133. The standard InChI is InChI=1S/C15H13F2NO2S/c1-19-14-5-2-9(6-13(14)17)8-20-10-3-4-11(15(18)21)12(16)7-10/h2-7H,8H2,1H3,(H2,18,21). The summed E-state index contributed by atoms with van der Waals surface area (Å²) in [5.41, 5.74) is 6.13. The van der Waals surface area contributed by atoms with Gasteiger partial charge in [-0.1, -0.05) is 18.3 Å². The maximum Gasteiger partial charge on any atom is 0.165 e. The molecule has 0 aliphatic rings. The minimum absolute atomic E-state index is 0.0173.